The first-order valence-corrected chi connectivity index (χ1v) is 12.7. The van der Waals surface area contributed by atoms with Crippen molar-refractivity contribution in [3.8, 4) is 0 Å². The maximum atomic E-state index is 13.7. The van der Waals surface area contributed by atoms with Gasteiger partial charge in [-0.1, -0.05) is 64.8 Å². The summed E-state index contributed by atoms with van der Waals surface area (Å²) < 4.78 is 0. The number of hydrogen-bond donors (Lipinski definition) is 3. The van der Waals surface area contributed by atoms with Crippen molar-refractivity contribution in [1.82, 2.24) is 15.8 Å². The van der Waals surface area contributed by atoms with E-state index in [4.69, 9.17) is 0 Å². The fourth-order valence-corrected chi connectivity index (χ4v) is 4.57. The molecule has 1 heterocycles. The number of carbonyl (C=O) groups is 3. The molecule has 3 unspecified atom stereocenters. The van der Waals surface area contributed by atoms with E-state index in [1.807, 2.05) is 6.92 Å². The van der Waals surface area contributed by atoms with Gasteiger partial charge in [-0.15, -0.1) is 0 Å². The molecule has 0 saturated carbocycles. The number of aliphatic carboxylic acids is 1. The molecular weight excluding hydrogens is 430 g/mol. The zero-order chi connectivity index (χ0) is 25.3. The van der Waals surface area contributed by atoms with Crippen molar-refractivity contribution in [1.29, 1.82) is 0 Å². The van der Waals surface area contributed by atoms with E-state index in [1.54, 1.807) is 7.05 Å². The average Bonchev–Trinajstić information content (AvgIpc) is 2.82. The standard InChI is InChI=1S/C27H43N3O4/c1-6-7-9-21(26(33)34)18-20(14-11-19-12-15-22(16-13-19)27(2,3)4)25(32)30-23(24(31)28-5)10-8-17-29-30/h12-13,15-16,20-21,23,29H,6-11,14,17-18H2,1-5H3,(H,28,31)(H,33,34). The molecule has 7 nitrogen and oxygen atoms in total. The molecule has 1 aliphatic heterocycles. The lowest BCUT2D eigenvalue weighted by atomic mass is 9.84. The second kappa shape index (κ2) is 12.9. The van der Waals surface area contributed by atoms with E-state index < -0.39 is 23.8 Å². The van der Waals surface area contributed by atoms with Crippen LogP contribution in [0, 0.1) is 11.8 Å². The molecule has 0 aromatic heterocycles. The smallest absolute Gasteiger partial charge is 0.306 e. The number of carboxylic acids is 1. The van der Waals surface area contributed by atoms with Gasteiger partial charge in [0.05, 0.1) is 5.92 Å². The topological polar surface area (TPSA) is 98.7 Å². The lowest BCUT2D eigenvalue weighted by molar-refractivity contribution is -0.151. The third kappa shape index (κ3) is 7.83. The van der Waals surface area contributed by atoms with E-state index in [0.717, 1.165) is 24.8 Å². The fraction of sp³-hybridized carbons (Fsp3) is 0.667. The third-order valence-corrected chi connectivity index (χ3v) is 6.81. The average molecular weight is 474 g/mol. The quantitative estimate of drug-likeness (QED) is 0.450. The molecule has 34 heavy (non-hydrogen) atoms. The van der Waals surface area contributed by atoms with Crippen LogP contribution in [-0.4, -0.2) is 47.5 Å². The zero-order valence-electron chi connectivity index (χ0n) is 21.5. The molecule has 3 N–H and O–H groups in total. The van der Waals surface area contributed by atoms with Gasteiger partial charge in [-0.2, -0.15) is 0 Å². The second-order valence-corrected chi connectivity index (χ2v) is 10.5. The molecule has 7 heteroatoms. The molecule has 1 saturated heterocycles. The van der Waals surface area contributed by atoms with Crippen LogP contribution in [0.1, 0.15) is 83.8 Å². The van der Waals surface area contributed by atoms with Gasteiger partial charge in [0.2, 0.25) is 11.8 Å². The number of benzene rings is 1. The SMILES string of the molecule is CCCCC(CC(CCc1ccc(C(C)(C)C)cc1)C(=O)N1NCCCC1C(=O)NC)C(=O)O. The highest BCUT2D eigenvalue weighted by molar-refractivity contribution is 5.88. The molecule has 1 aromatic rings. The Hall–Kier alpha value is -2.41. The van der Waals surface area contributed by atoms with Crippen LogP contribution in [-0.2, 0) is 26.2 Å². The van der Waals surface area contributed by atoms with E-state index in [0.29, 0.717) is 32.2 Å². The largest absolute Gasteiger partial charge is 0.481 e. The number of nitrogens with one attached hydrogen (secondary N) is 2. The van der Waals surface area contributed by atoms with Crippen LogP contribution in [0.15, 0.2) is 24.3 Å². The van der Waals surface area contributed by atoms with Crippen molar-refractivity contribution in [2.75, 3.05) is 13.6 Å². The predicted octanol–water partition coefficient (Wildman–Crippen LogP) is 4.06. The number of aryl methyl sites for hydroxylation is 1. The van der Waals surface area contributed by atoms with Gasteiger partial charge in [-0.25, -0.2) is 5.43 Å². The number of unbranched alkanes of at least 4 members (excludes halogenated alkanes) is 1. The van der Waals surface area contributed by atoms with Crippen molar-refractivity contribution in [3.63, 3.8) is 0 Å². The minimum atomic E-state index is -0.852. The lowest BCUT2D eigenvalue weighted by Crippen LogP contribution is -2.59. The first-order chi connectivity index (χ1) is 16.1. The third-order valence-electron chi connectivity index (χ3n) is 6.81. The van der Waals surface area contributed by atoms with Gasteiger partial charge >= 0.3 is 5.97 Å². The number of carboxylic acid groups (broad SMARTS) is 1. The monoisotopic (exact) mass is 473 g/mol. The normalized spacial score (nSPS) is 18.3. The van der Waals surface area contributed by atoms with Crippen LogP contribution in [0.25, 0.3) is 0 Å². The Morgan fingerprint density at radius 3 is 2.38 bits per heavy atom. The van der Waals surface area contributed by atoms with E-state index in [2.05, 4.69) is 55.8 Å². The number of hydrazine groups is 1. The molecule has 1 fully saturated rings. The number of rotatable bonds is 11. The predicted molar refractivity (Wildman–Crippen MR) is 134 cm³/mol. The van der Waals surface area contributed by atoms with E-state index in [1.165, 1.54) is 10.6 Å². The van der Waals surface area contributed by atoms with E-state index in [9.17, 15) is 19.5 Å². The number of hydrogen-bond acceptors (Lipinski definition) is 4. The van der Waals surface area contributed by atoms with Crippen LogP contribution in [0.4, 0.5) is 0 Å². The molecule has 0 radical (unpaired) electrons. The van der Waals surface area contributed by atoms with Crippen LogP contribution < -0.4 is 10.7 Å². The molecular formula is C27H43N3O4. The zero-order valence-corrected chi connectivity index (χ0v) is 21.5. The molecule has 2 rings (SSSR count). The summed E-state index contributed by atoms with van der Waals surface area (Å²) in [6, 6.07) is 7.88. The summed E-state index contributed by atoms with van der Waals surface area (Å²) in [7, 11) is 1.57. The van der Waals surface area contributed by atoms with Gasteiger partial charge < -0.3 is 10.4 Å². The summed E-state index contributed by atoms with van der Waals surface area (Å²) in [5, 5.41) is 13.9. The van der Waals surface area contributed by atoms with Crippen LogP contribution in [0.5, 0.6) is 0 Å². The number of likely N-dealkylation sites (N-methyl/N-ethyl adjacent to an activating group) is 1. The van der Waals surface area contributed by atoms with Crippen molar-refractivity contribution in [3.05, 3.63) is 35.4 Å². The van der Waals surface area contributed by atoms with Gasteiger partial charge in [0.1, 0.15) is 6.04 Å². The Balaban J connectivity index is 2.23. The van der Waals surface area contributed by atoms with Gasteiger partial charge in [-0.3, -0.25) is 19.4 Å². The Labute approximate surface area is 204 Å². The summed E-state index contributed by atoms with van der Waals surface area (Å²) in [4.78, 5) is 38.0. The first kappa shape index (κ1) is 27.8. The van der Waals surface area contributed by atoms with E-state index >= 15 is 0 Å². The summed E-state index contributed by atoms with van der Waals surface area (Å²) in [5.74, 6) is -2.27. The summed E-state index contributed by atoms with van der Waals surface area (Å²) >= 11 is 0. The summed E-state index contributed by atoms with van der Waals surface area (Å²) in [6.07, 6.45) is 5.19. The maximum Gasteiger partial charge on any atom is 0.306 e. The number of amides is 2. The minimum Gasteiger partial charge on any atom is -0.481 e. The number of carbonyl (C=O) groups excluding carboxylic acids is 2. The Bertz CT molecular complexity index is 816. The molecule has 0 bridgehead atoms. The van der Waals surface area contributed by atoms with Crippen LogP contribution >= 0.6 is 0 Å². The van der Waals surface area contributed by atoms with Gasteiger partial charge in [0, 0.05) is 19.5 Å². The van der Waals surface area contributed by atoms with Gasteiger partial charge in [0.15, 0.2) is 0 Å². The molecule has 0 spiro atoms. The molecule has 3 atom stereocenters. The summed E-state index contributed by atoms with van der Waals surface area (Å²) in [5.41, 5.74) is 5.55. The summed E-state index contributed by atoms with van der Waals surface area (Å²) in [6.45, 7) is 9.18. The molecule has 0 aliphatic carbocycles. The van der Waals surface area contributed by atoms with Crippen LogP contribution in [0.2, 0.25) is 0 Å². The molecule has 2 amide bonds. The van der Waals surface area contributed by atoms with Crippen molar-refractivity contribution in [2.24, 2.45) is 11.8 Å². The maximum absolute atomic E-state index is 13.7. The highest BCUT2D eigenvalue weighted by Crippen LogP contribution is 2.27. The van der Waals surface area contributed by atoms with Crippen LogP contribution in [0.3, 0.4) is 0 Å². The molecule has 1 aliphatic rings. The minimum absolute atomic E-state index is 0.0693. The van der Waals surface area contributed by atoms with Gasteiger partial charge in [-0.05, 0) is 55.1 Å². The molecule has 190 valence electrons. The number of nitrogens with zero attached hydrogens (tertiary/aromatic N) is 1. The highest BCUT2D eigenvalue weighted by atomic mass is 16.4. The van der Waals surface area contributed by atoms with E-state index in [-0.39, 0.29) is 23.7 Å². The Morgan fingerprint density at radius 1 is 1.15 bits per heavy atom. The van der Waals surface area contributed by atoms with Crippen molar-refractivity contribution < 1.29 is 19.5 Å². The Kier molecular flexibility index (Phi) is 10.5. The first-order valence-electron chi connectivity index (χ1n) is 12.7. The van der Waals surface area contributed by atoms with Crippen molar-refractivity contribution >= 4 is 17.8 Å². The second-order valence-electron chi connectivity index (χ2n) is 10.5. The Morgan fingerprint density at radius 2 is 1.82 bits per heavy atom. The lowest BCUT2D eigenvalue weighted by Gasteiger charge is -2.37. The highest BCUT2D eigenvalue weighted by Gasteiger charge is 2.37. The fourth-order valence-electron chi connectivity index (χ4n) is 4.57. The van der Waals surface area contributed by atoms with Gasteiger partial charge in [0.25, 0.3) is 0 Å². The van der Waals surface area contributed by atoms with Crippen molar-refractivity contribution in [2.45, 2.75) is 90.5 Å². The molecule has 1 aromatic carbocycles.